The first-order valence-corrected chi connectivity index (χ1v) is 4.34. The molecule has 17 heavy (non-hydrogen) atoms. The molecule has 0 aromatic carbocycles. The van der Waals surface area contributed by atoms with Gasteiger partial charge in [0.25, 0.3) is 0 Å². The van der Waals surface area contributed by atoms with Crippen molar-refractivity contribution >= 4 is 13.3 Å². The molecule has 0 aliphatic carbocycles. The van der Waals surface area contributed by atoms with Gasteiger partial charge in [0, 0.05) is 6.42 Å². The minimum Gasteiger partial charge on any atom is -1.00 e. The Kier molecular flexibility index (Phi) is 17.9. The molecule has 0 aliphatic rings. The van der Waals surface area contributed by atoms with Crippen LogP contribution in [0.3, 0.4) is 0 Å². The average Bonchev–Trinajstić information content (AvgIpc) is 2.19. The van der Waals surface area contributed by atoms with E-state index in [1.807, 2.05) is 20.8 Å². The third kappa shape index (κ3) is 19.4. The average molecular weight is 286 g/mol. The van der Waals surface area contributed by atoms with Crippen LogP contribution in [0.15, 0.2) is 0 Å². The molecule has 0 saturated carbocycles. The molecule has 0 aromatic heterocycles. The molecule has 0 amide bonds. The molecule has 0 aliphatic heterocycles. The van der Waals surface area contributed by atoms with Gasteiger partial charge in [-0.2, -0.15) is 14.6 Å². The van der Waals surface area contributed by atoms with Crippen molar-refractivity contribution < 1.29 is 90.5 Å². The second kappa shape index (κ2) is 13.3. The van der Waals surface area contributed by atoms with Gasteiger partial charge < -0.3 is 6.16 Å². The van der Waals surface area contributed by atoms with E-state index in [0.29, 0.717) is 6.42 Å². The summed E-state index contributed by atoms with van der Waals surface area (Å²) in [5, 5.41) is 0. The fraction of sp³-hybridized carbons (Fsp3) is 0.857. The second-order valence-corrected chi connectivity index (χ2v) is 3.50. The molecular formula is C7H15BF3KO5. The van der Waals surface area contributed by atoms with Crippen molar-refractivity contribution in [2.75, 3.05) is 0 Å². The maximum atomic E-state index is 10.6. The zero-order valence-electron chi connectivity index (χ0n) is 11.5. The van der Waals surface area contributed by atoms with Gasteiger partial charge in [0.15, 0.2) is 0 Å². The van der Waals surface area contributed by atoms with Crippen LogP contribution in [-0.2, 0) is 24.1 Å². The molecule has 98 valence electrons. The summed E-state index contributed by atoms with van der Waals surface area (Å²) in [6.45, 7) is 7.37. The van der Waals surface area contributed by atoms with Crippen molar-refractivity contribution in [1.29, 1.82) is 0 Å². The van der Waals surface area contributed by atoms with Crippen molar-refractivity contribution in [3.8, 4) is 0 Å². The summed E-state index contributed by atoms with van der Waals surface area (Å²) in [5.41, 5.74) is -0.326. The van der Waals surface area contributed by atoms with Gasteiger partial charge in [0.1, 0.15) is 5.60 Å². The van der Waals surface area contributed by atoms with E-state index in [-0.39, 0.29) is 64.4 Å². The van der Waals surface area contributed by atoms with Gasteiger partial charge in [-0.15, -0.1) is 0 Å². The van der Waals surface area contributed by atoms with E-state index in [1.54, 1.807) is 6.92 Å². The molecule has 0 radical (unpaired) electrons. The van der Waals surface area contributed by atoms with Gasteiger partial charge >= 0.3 is 64.7 Å². The van der Waals surface area contributed by atoms with Crippen LogP contribution in [0.2, 0.25) is 0 Å². The van der Waals surface area contributed by atoms with Gasteiger partial charge in [-0.1, -0.05) is 20.5 Å². The van der Waals surface area contributed by atoms with Crippen LogP contribution >= 0.6 is 0 Å². The Bertz CT molecular complexity index is 189. The van der Waals surface area contributed by atoms with Crippen LogP contribution in [0, 0.1) is 0 Å². The van der Waals surface area contributed by atoms with Gasteiger partial charge in [-0.3, -0.25) is 4.79 Å². The van der Waals surface area contributed by atoms with E-state index in [0.717, 1.165) is 0 Å². The molecule has 0 fully saturated rings. The number of halogens is 3. The molecule has 0 heterocycles. The number of hydrogen-bond donors (Lipinski definition) is 0. The predicted octanol–water partition coefficient (Wildman–Crippen LogP) is -0.471. The quantitative estimate of drug-likeness (QED) is 0.516. The fourth-order valence-electron chi connectivity index (χ4n) is 0.455. The number of ether oxygens (including phenoxy) is 1. The van der Waals surface area contributed by atoms with E-state index in [4.69, 9.17) is 4.74 Å². The normalized spacial score (nSPS) is 9.59. The third-order valence-corrected chi connectivity index (χ3v) is 0.927. The Morgan fingerprint density at radius 1 is 1.18 bits per heavy atom. The molecule has 0 spiro atoms. The number of hydrogen-bond acceptors (Lipinski definition) is 5. The first kappa shape index (κ1) is 23.0. The topological polar surface area (TPSA) is 54.0 Å². The van der Waals surface area contributed by atoms with E-state index in [2.05, 4.69) is 14.6 Å². The van der Waals surface area contributed by atoms with E-state index in [9.17, 15) is 18.4 Å². The first-order valence-electron chi connectivity index (χ1n) is 4.34. The monoisotopic (exact) mass is 286 g/mol. The zero-order chi connectivity index (χ0) is 13.2. The molecule has 0 aromatic rings. The second-order valence-electron chi connectivity index (χ2n) is 3.50. The van der Waals surface area contributed by atoms with Crippen LogP contribution in [0.5, 0.6) is 0 Å². The first-order chi connectivity index (χ1) is 7.30. The van der Waals surface area contributed by atoms with Crippen molar-refractivity contribution in [1.82, 2.24) is 0 Å². The van der Waals surface area contributed by atoms with Crippen molar-refractivity contribution in [2.24, 2.45) is 0 Å². The van der Waals surface area contributed by atoms with Crippen LogP contribution in [0.25, 0.3) is 0 Å². The van der Waals surface area contributed by atoms with Gasteiger partial charge in [-0.05, 0) is 20.8 Å². The third-order valence-electron chi connectivity index (χ3n) is 0.927. The fourth-order valence-corrected chi connectivity index (χ4v) is 0.455. The maximum Gasteiger partial charge on any atom is 1.00 e. The summed E-state index contributed by atoms with van der Waals surface area (Å²) in [7, 11) is -2.51. The van der Waals surface area contributed by atoms with Crippen LogP contribution in [0.4, 0.5) is 13.6 Å². The molecule has 0 atom stereocenters. The van der Waals surface area contributed by atoms with E-state index < -0.39 is 7.32 Å². The SMILES string of the molecule is CCC(=O)OC(C)(C)C.FOB(OF)OF.[H-].[K+]. The van der Waals surface area contributed by atoms with Crippen LogP contribution in [0.1, 0.15) is 35.5 Å². The molecule has 0 unspecified atom stereocenters. The largest absolute Gasteiger partial charge is 1.00 e. The van der Waals surface area contributed by atoms with Gasteiger partial charge in [0.2, 0.25) is 0 Å². The van der Waals surface area contributed by atoms with Gasteiger partial charge in [-0.25, -0.2) is 0 Å². The number of carbonyl (C=O) groups is 1. The molecule has 10 heteroatoms. The molecule has 0 saturated heterocycles. The van der Waals surface area contributed by atoms with Crippen molar-refractivity contribution in [2.45, 2.75) is 39.7 Å². The summed E-state index contributed by atoms with van der Waals surface area (Å²) in [6.07, 6.45) is 0.456. The molecule has 5 nitrogen and oxygen atoms in total. The van der Waals surface area contributed by atoms with Crippen LogP contribution in [-0.4, -0.2) is 18.9 Å². The molecule has 0 N–H and O–H groups in total. The maximum absolute atomic E-state index is 10.6. The van der Waals surface area contributed by atoms with E-state index in [1.165, 1.54) is 0 Å². The van der Waals surface area contributed by atoms with Crippen LogP contribution < -0.4 is 51.4 Å². The Morgan fingerprint density at radius 3 is 1.59 bits per heavy atom. The standard InChI is InChI=1S/C7H14O2.BF3O3.K.H/c1-5-6(8)9-7(2,3)4;2-5-1(6-3)7-4;;/h5H2,1-4H3;;;/q;;+1;-1. The summed E-state index contributed by atoms with van der Waals surface area (Å²) >= 11 is 0. The van der Waals surface area contributed by atoms with Crippen molar-refractivity contribution in [3.63, 3.8) is 0 Å². The Balaban J connectivity index is -0.000000100. The summed E-state index contributed by atoms with van der Waals surface area (Å²) in [4.78, 5) is 17.7. The molecule has 0 rings (SSSR count). The minimum absolute atomic E-state index is 0. The number of esters is 1. The molecule has 0 bridgehead atoms. The van der Waals surface area contributed by atoms with Crippen molar-refractivity contribution in [3.05, 3.63) is 0 Å². The Hall–Kier alpha value is 0.841. The number of carbonyl (C=O) groups excluding carboxylic acids is 1. The van der Waals surface area contributed by atoms with E-state index >= 15 is 0 Å². The minimum atomic E-state index is -2.51. The Morgan fingerprint density at radius 2 is 1.53 bits per heavy atom. The smallest absolute Gasteiger partial charge is 1.00 e. The summed E-state index contributed by atoms with van der Waals surface area (Å²) in [6, 6.07) is 0. The summed E-state index contributed by atoms with van der Waals surface area (Å²) in [5.74, 6) is -0.137. The molecular weight excluding hydrogens is 271 g/mol. The summed E-state index contributed by atoms with van der Waals surface area (Å²) < 4.78 is 36.2. The Labute approximate surface area is 142 Å². The zero-order valence-corrected chi connectivity index (χ0v) is 13.6. The number of rotatable bonds is 4. The predicted molar refractivity (Wildman–Crippen MR) is 49.6 cm³/mol. The van der Waals surface area contributed by atoms with Gasteiger partial charge in [0.05, 0.1) is 0 Å².